The Balaban J connectivity index is 1.89. The number of urea groups is 1. The van der Waals surface area contributed by atoms with Gasteiger partial charge in [0.15, 0.2) is 6.10 Å². The van der Waals surface area contributed by atoms with Crippen molar-refractivity contribution in [2.24, 2.45) is 0 Å². The lowest BCUT2D eigenvalue weighted by Gasteiger charge is -2.33. The number of ether oxygens (including phenoxy) is 2. The number of carbonyl (C=O) groups excluding carboxylic acids is 2. The van der Waals surface area contributed by atoms with Crippen molar-refractivity contribution < 1.29 is 32.2 Å². The Morgan fingerprint density at radius 2 is 1.97 bits per heavy atom. The van der Waals surface area contributed by atoms with Gasteiger partial charge in [0.25, 0.3) is 5.91 Å². The number of halogens is 3. The van der Waals surface area contributed by atoms with Gasteiger partial charge in [0.1, 0.15) is 17.3 Å². The topological polar surface area (TPSA) is 79.9 Å². The number of nitrogens with one attached hydrogen (secondary N) is 2. The van der Waals surface area contributed by atoms with Crippen LogP contribution in [0.4, 0.5) is 29.3 Å². The van der Waals surface area contributed by atoms with E-state index in [0.717, 1.165) is 6.07 Å². The molecule has 2 aromatic rings. The average molecular weight is 451 g/mol. The van der Waals surface area contributed by atoms with Crippen LogP contribution in [0.3, 0.4) is 0 Å². The molecule has 10 heteroatoms. The second-order valence-corrected chi connectivity index (χ2v) is 8.34. The van der Waals surface area contributed by atoms with Gasteiger partial charge in [0.2, 0.25) is 0 Å². The number of alkyl halides is 2. The summed E-state index contributed by atoms with van der Waals surface area (Å²) in [5, 5.41) is 5.10. The zero-order chi connectivity index (χ0) is 23.6. The SMILES string of the molecule is C[C@H]1Oc2cc(NC(=O)NC(C)(C)C)c(F)cc2N(Cc2cccc(OC(F)F)c2)C1=O. The van der Waals surface area contributed by atoms with Crippen LogP contribution in [-0.4, -0.2) is 30.2 Å². The number of nitrogens with zero attached hydrogens (tertiary/aromatic N) is 1. The normalized spacial score (nSPS) is 15.8. The summed E-state index contributed by atoms with van der Waals surface area (Å²) < 4.78 is 49.8. The van der Waals surface area contributed by atoms with Gasteiger partial charge in [-0.15, -0.1) is 0 Å². The van der Waals surface area contributed by atoms with Crippen LogP contribution in [0, 0.1) is 5.82 Å². The molecule has 2 N–H and O–H groups in total. The van der Waals surface area contributed by atoms with Crippen molar-refractivity contribution >= 4 is 23.3 Å². The first-order valence-electron chi connectivity index (χ1n) is 9.87. The Kier molecular flexibility index (Phi) is 6.52. The van der Waals surface area contributed by atoms with Crippen LogP contribution >= 0.6 is 0 Å². The summed E-state index contributed by atoms with van der Waals surface area (Å²) in [6, 6.07) is 7.70. The molecule has 0 aromatic heterocycles. The van der Waals surface area contributed by atoms with Crippen molar-refractivity contribution in [3.05, 3.63) is 47.8 Å². The number of hydrogen-bond acceptors (Lipinski definition) is 4. The van der Waals surface area contributed by atoms with E-state index in [1.54, 1.807) is 26.8 Å². The molecule has 3 amide bonds. The summed E-state index contributed by atoms with van der Waals surface area (Å²) in [5.74, 6) is -1.05. The van der Waals surface area contributed by atoms with Crippen LogP contribution in [0.5, 0.6) is 11.5 Å². The molecule has 0 unspecified atom stereocenters. The maximum Gasteiger partial charge on any atom is 0.387 e. The molecule has 0 saturated heterocycles. The fourth-order valence-corrected chi connectivity index (χ4v) is 3.18. The van der Waals surface area contributed by atoms with E-state index < -0.39 is 36.0 Å². The molecule has 0 spiro atoms. The average Bonchev–Trinajstić information content (AvgIpc) is 2.65. The Labute approximate surface area is 183 Å². The Hall–Kier alpha value is -3.43. The van der Waals surface area contributed by atoms with Crippen molar-refractivity contribution in [2.45, 2.75) is 52.5 Å². The Morgan fingerprint density at radius 1 is 1.25 bits per heavy atom. The number of amides is 3. The van der Waals surface area contributed by atoms with E-state index in [9.17, 15) is 22.8 Å². The molecule has 1 aliphatic heterocycles. The standard InChI is InChI=1S/C22H24F3N3O4/c1-12-19(29)28(11-13-6-5-7-14(8-13)32-20(24)25)17-9-15(23)16(10-18(17)31-12)26-21(30)27-22(2,3)4/h5-10,12,20H,11H2,1-4H3,(H2,26,27,30)/t12-/m1/s1. The minimum atomic E-state index is -2.98. The lowest BCUT2D eigenvalue weighted by molar-refractivity contribution is -0.125. The molecule has 32 heavy (non-hydrogen) atoms. The molecule has 0 fully saturated rings. The first-order valence-corrected chi connectivity index (χ1v) is 9.87. The molecule has 1 heterocycles. The molecule has 3 rings (SSSR count). The Morgan fingerprint density at radius 3 is 2.62 bits per heavy atom. The van der Waals surface area contributed by atoms with Gasteiger partial charge >= 0.3 is 12.6 Å². The minimum Gasteiger partial charge on any atom is -0.479 e. The molecule has 0 bridgehead atoms. The van der Waals surface area contributed by atoms with E-state index in [-0.39, 0.29) is 29.4 Å². The predicted octanol–water partition coefficient (Wildman–Crippen LogP) is 4.66. The van der Waals surface area contributed by atoms with Gasteiger partial charge in [-0.25, -0.2) is 9.18 Å². The molecule has 7 nitrogen and oxygen atoms in total. The predicted molar refractivity (Wildman–Crippen MR) is 113 cm³/mol. The third-order valence-corrected chi connectivity index (χ3v) is 4.46. The maximum atomic E-state index is 14.8. The maximum absolute atomic E-state index is 14.8. The summed E-state index contributed by atoms with van der Waals surface area (Å²) in [7, 11) is 0. The number of carbonyl (C=O) groups is 2. The molecule has 172 valence electrons. The first-order chi connectivity index (χ1) is 14.9. The van der Waals surface area contributed by atoms with Crippen molar-refractivity contribution in [2.75, 3.05) is 10.2 Å². The quantitative estimate of drug-likeness (QED) is 0.693. The highest BCUT2D eigenvalue weighted by Gasteiger charge is 2.33. The van der Waals surface area contributed by atoms with Gasteiger partial charge in [0, 0.05) is 17.7 Å². The summed E-state index contributed by atoms with van der Waals surface area (Å²) in [6.07, 6.45) is -0.871. The second kappa shape index (κ2) is 8.97. The summed E-state index contributed by atoms with van der Waals surface area (Å²) in [5.41, 5.74) is 0.0292. The molecule has 2 aromatic carbocycles. The van der Waals surface area contributed by atoms with Crippen LogP contribution in [0.2, 0.25) is 0 Å². The third kappa shape index (κ3) is 5.63. The second-order valence-electron chi connectivity index (χ2n) is 8.34. The summed E-state index contributed by atoms with van der Waals surface area (Å²) in [4.78, 5) is 26.2. The van der Waals surface area contributed by atoms with Crippen LogP contribution < -0.4 is 25.0 Å². The lowest BCUT2D eigenvalue weighted by atomic mass is 10.1. The van der Waals surface area contributed by atoms with Gasteiger partial charge in [0.05, 0.1) is 17.9 Å². The van der Waals surface area contributed by atoms with Crippen LogP contribution in [0.1, 0.15) is 33.3 Å². The summed E-state index contributed by atoms with van der Waals surface area (Å²) >= 11 is 0. The van der Waals surface area contributed by atoms with Crippen LogP contribution in [-0.2, 0) is 11.3 Å². The highest BCUT2D eigenvalue weighted by Crippen LogP contribution is 2.39. The van der Waals surface area contributed by atoms with Gasteiger partial charge in [-0.2, -0.15) is 8.78 Å². The molecule has 1 atom stereocenters. The van der Waals surface area contributed by atoms with E-state index in [0.29, 0.717) is 5.56 Å². The number of anilines is 2. The number of hydrogen-bond donors (Lipinski definition) is 2. The van der Waals surface area contributed by atoms with Crippen molar-refractivity contribution in [1.82, 2.24) is 5.32 Å². The van der Waals surface area contributed by atoms with Crippen molar-refractivity contribution in [3.63, 3.8) is 0 Å². The van der Waals surface area contributed by atoms with E-state index in [1.165, 1.54) is 36.1 Å². The van der Waals surface area contributed by atoms with Gasteiger partial charge in [-0.05, 0) is 45.4 Å². The number of rotatable bonds is 5. The molecule has 0 aliphatic carbocycles. The van der Waals surface area contributed by atoms with Crippen LogP contribution in [0.15, 0.2) is 36.4 Å². The van der Waals surface area contributed by atoms with Crippen LogP contribution in [0.25, 0.3) is 0 Å². The molecule has 0 saturated carbocycles. The van der Waals surface area contributed by atoms with E-state index in [2.05, 4.69) is 15.4 Å². The van der Waals surface area contributed by atoms with Gasteiger partial charge < -0.3 is 25.0 Å². The molecular weight excluding hydrogens is 427 g/mol. The van der Waals surface area contributed by atoms with E-state index in [1.807, 2.05) is 0 Å². The first kappa shape index (κ1) is 23.2. The highest BCUT2D eigenvalue weighted by atomic mass is 19.3. The van der Waals surface area contributed by atoms with Crippen molar-refractivity contribution in [1.29, 1.82) is 0 Å². The highest BCUT2D eigenvalue weighted by molar-refractivity contribution is 6.00. The molecular formula is C22H24F3N3O4. The monoisotopic (exact) mass is 451 g/mol. The number of benzene rings is 2. The largest absolute Gasteiger partial charge is 0.479 e. The number of fused-ring (bicyclic) bond motifs is 1. The molecule has 0 radical (unpaired) electrons. The van der Waals surface area contributed by atoms with E-state index in [4.69, 9.17) is 4.74 Å². The smallest absolute Gasteiger partial charge is 0.387 e. The van der Waals surface area contributed by atoms with Gasteiger partial charge in [-0.1, -0.05) is 12.1 Å². The minimum absolute atomic E-state index is 0.0172. The van der Waals surface area contributed by atoms with Crippen molar-refractivity contribution in [3.8, 4) is 11.5 Å². The third-order valence-electron chi connectivity index (χ3n) is 4.46. The van der Waals surface area contributed by atoms with E-state index >= 15 is 0 Å². The van der Waals surface area contributed by atoms with Gasteiger partial charge in [-0.3, -0.25) is 4.79 Å². The molecule has 1 aliphatic rings. The summed E-state index contributed by atoms with van der Waals surface area (Å²) in [6.45, 7) is 3.89. The Bertz CT molecular complexity index is 1020. The zero-order valence-corrected chi connectivity index (χ0v) is 18.0. The fourth-order valence-electron chi connectivity index (χ4n) is 3.18. The zero-order valence-electron chi connectivity index (χ0n) is 18.0. The fraction of sp³-hybridized carbons (Fsp3) is 0.364. The lowest BCUT2D eigenvalue weighted by Crippen LogP contribution is -2.44.